The van der Waals surface area contributed by atoms with Crippen LogP contribution in [0.3, 0.4) is 0 Å². The molecule has 1 heterocycles. The second-order valence-corrected chi connectivity index (χ2v) is 8.92. The van der Waals surface area contributed by atoms with E-state index in [1.807, 2.05) is 20.1 Å². The monoisotopic (exact) mass is 426 g/mol. The largest absolute Gasteiger partial charge is 0.509 e. The molecule has 2 rings (SSSR count). The van der Waals surface area contributed by atoms with Crippen molar-refractivity contribution in [1.82, 2.24) is 10.2 Å². The van der Waals surface area contributed by atoms with E-state index in [0.29, 0.717) is 31.7 Å². The average molecular weight is 427 g/mol. The highest BCUT2D eigenvalue weighted by Gasteiger charge is 2.47. The average Bonchev–Trinajstić information content (AvgIpc) is 2.95. The molecule has 1 unspecified atom stereocenters. The van der Waals surface area contributed by atoms with Gasteiger partial charge in [-0.3, -0.25) is 19.3 Å². The summed E-state index contributed by atoms with van der Waals surface area (Å²) in [5.74, 6) is -1.33. The number of nitrogens with one attached hydrogen (secondary N) is 1. The number of amides is 3. The van der Waals surface area contributed by atoms with Crippen LogP contribution in [0.1, 0.15) is 58.8 Å². The number of imide groups is 1. The summed E-state index contributed by atoms with van der Waals surface area (Å²) in [6, 6.07) is -0.741. The van der Waals surface area contributed by atoms with Crippen molar-refractivity contribution < 1.29 is 24.2 Å². The van der Waals surface area contributed by atoms with Crippen LogP contribution in [0.5, 0.6) is 0 Å². The van der Waals surface area contributed by atoms with Gasteiger partial charge in [0.1, 0.15) is 11.3 Å². The molecule has 1 atom stereocenters. The lowest BCUT2D eigenvalue weighted by molar-refractivity contribution is -0.147. The minimum Gasteiger partial charge on any atom is -0.509 e. The number of hydrogen-bond donors (Lipinski definition) is 2. The van der Waals surface area contributed by atoms with Crippen LogP contribution in [-0.2, 0) is 19.1 Å². The van der Waals surface area contributed by atoms with E-state index in [1.54, 1.807) is 11.8 Å². The number of hydrogen-bond acceptors (Lipinski definition) is 6. The lowest BCUT2D eigenvalue weighted by Gasteiger charge is -2.29. The number of carbonyl (C=O) groups excluding carboxylic acids is 3. The Balaban J connectivity index is 2.07. The molecule has 7 nitrogen and oxygen atoms in total. The van der Waals surface area contributed by atoms with Crippen LogP contribution < -0.4 is 5.32 Å². The van der Waals surface area contributed by atoms with E-state index in [-0.39, 0.29) is 29.3 Å². The molecule has 1 aliphatic carbocycles. The first kappa shape index (κ1) is 23.7. The number of carbonyl (C=O) groups is 3. The van der Waals surface area contributed by atoms with Crippen LogP contribution in [0.25, 0.3) is 0 Å². The second kappa shape index (κ2) is 11.6. The predicted octanol–water partition coefficient (Wildman–Crippen LogP) is 2.80. The van der Waals surface area contributed by atoms with Gasteiger partial charge < -0.3 is 15.2 Å². The van der Waals surface area contributed by atoms with E-state index < -0.39 is 17.9 Å². The zero-order chi connectivity index (χ0) is 21.4. The summed E-state index contributed by atoms with van der Waals surface area (Å²) in [7, 11) is 0. The van der Waals surface area contributed by atoms with E-state index in [4.69, 9.17) is 4.74 Å². The van der Waals surface area contributed by atoms with E-state index in [1.165, 1.54) is 0 Å². The van der Waals surface area contributed by atoms with Crippen molar-refractivity contribution in [3.05, 3.63) is 11.3 Å². The van der Waals surface area contributed by atoms with E-state index >= 15 is 0 Å². The first-order chi connectivity index (χ1) is 13.9. The van der Waals surface area contributed by atoms with Crippen molar-refractivity contribution in [3.8, 4) is 0 Å². The summed E-state index contributed by atoms with van der Waals surface area (Å²) >= 11 is 1.57. The third-order valence-corrected chi connectivity index (χ3v) is 6.03. The molecule has 1 aliphatic heterocycles. The van der Waals surface area contributed by atoms with Gasteiger partial charge in [0.05, 0.1) is 12.1 Å². The van der Waals surface area contributed by atoms with Gasteiger partial charge in [0, 0.05) is 19.1 Å². The van der Waals surface area contributed by atoms with E-state index in [0.717, 1.165) is 37.0 Å². The summed E-state index contributed by atoms with van der Waals surface area (Å²) in [6.07, 6.45) is 7.65. The lowest BCUT2D eigenvalue weighted by Crippen LogP contribution is -2.45. The Morgan fingerprint density at radius 1 is 1.28 bits per heavy atom. The van der Waals surface area contributed by atoms with Gasteiger partial charge in [-0.05, 0) is 51.5 Å². The minimum absolute atomic E-state index is 0.116. The summed E-state index contributed by atoms with van der Waals surface area (Å²) in [5.41, 5.74) is -0.287. The lowest BCUT2D eigenvalue weighted by atomic mass is 9.88. The Morgan fingerprint density at radius 2 is 1.97 bits per heavy atom. The smallest absolute Gasteiger partial charge is 0.270 e. The van der Waals surface area contributed by atoms with E-state index in [2.05, 4.69) is 5.32 Å². The van der Waals surface area contributed by atoms with E-state index in [9.17, 15) is 19.5 Å². The van der Waals surface area contributed by atoms with Crippen molar-refractivity contribution in [2.75, 3.05) is 25.2 Å². The minimum atomic E-state index is -0.741. The molecule has 8 heteroatoms. The van der Waals surface area contributed by atoms with Gasteiger partial charge >= 0.3 is 0 Å². The molecule has 29 heavy (non-hydrogen) atoms. The molecule has 164 valence electrons. The van der Waals surface area contributed by atoms with Crippen LogP contribution >= 0.6 is 11.8 Å². The van der Waals surface area contributed by atoms with Crippen LogP contribution in [0.15, 0.2) is 11.3 Å². The Bertz CT molecular complexity index is 629. The number of ether oxygens (including phenoxy) is 1. The van der Waals surface area contributed by atoms with Crippen LogP contribution in [0.4, 0.5) is 0 Å². The highest BCUT2D eigenvalue weighted by Crippen LogP contribution is 2.33. The molecule has 2 N–H and O–H groups in total. The fraction of sp³-hybridized carbons (Fsp3) is 0.762. The standard InChI is InChI=1S/C21H34N2O5S/c1-14(2)28-12-7-11-22-19(25)17-18(24)16(10-13-29-3)23(21(17)27)20(26)15-8-5-4-6-9-15/h14-16,24H,4-13H2,1-3H3,(H,22,25). The predicted molar refractivity (Wildman–Crippen MR) is 114 cm³/mol. The van der Waals surface area contributed by atoms with Crippen molar-refractivity contribution in [3.63, 3.8) is 0 Å². The molecule has 0 bridgehead atoms. The Hall–Kier alpha value is -1.54. The van der Waals surface area contributed by atoms with Gasteiger partial charge in [0.15, 0.2) is 0 Å². The molecule has 3 amide bonds. The van der Waals surface area contributed by atoms with Crippen LogP contribution in [0.2, 0.25) is 0 Å². The van der Waals surface area contributed by atoms with Gasteiger partial charge in [0.2, 0.25) is 5.91 Å². The Morgan fingerprint density at radius 3 is 2.59 bits per heavy atom. The van der Waals surface area contributed by atoms with Gasteiger partial charge in [0.25, 0.3) is 11.8 Å². The summed E-state index contributed by atoms with van der Waals surface area (Å²) in [5, 5.41) is 13.4. The third-order valence-electron chi connectivity index (χ3n) is 5.39. The number of nitrogens with zero attached hydrogens (tertiary/aromatic N) is 1. The molecule has 0 radical (unpaired) electrons. The SMILES string of the molecule is CSCCC1C(O)=C(C(=O)NCCCOC(C)C)C(=O)N1C(=O)C1CCCCC1. The normalized spacial score (nSPS) is 20.6. The summed E-state index contributed by atoms with van der Waals surface area (Å²) in [6.45, 7) is 4.71. The third kappa shape index (κ3) is 6.22. The maximum Gasteiger partial charge on any atom is 0.270 e. The van der Waals surface area contributed by atoms with Crippen molar-refractivity contribution in [1.29, 1.82) is 0 Å². The van der Waals surface area contributed by atoms with Crippen molar-refractivity contribution in [2.24, 2.45) is 5.92 Å². The maximum atomic E-state index is 13.1. The van der Waals surface area contributed by atoms with Gasteiger partial charge in [-0.25, -0.2) is 0 Å². The number of thioether (sulfide) groups is 1. The highest BCUT2D eigenvalue weighted by molar-refractivity contribution is 7.98. The summed E-state index contributed by atoms with van der Waals surface area (Å²) in [4.78, 5) is 39.8. The van der Waals surface area contributed by atoms with Crippen LogP contribution in [0, 0.1) is 5.92 Å². The number of rotatable bonds is 10. The topological polar surface area (TPSA) is 95.9 Å². The molecular weight excluding hydrogens is 392 g/mol. The number of aliphatic hydroxyl groups is 1. The quantitative estimate of drug-likeness (QED) is 0.317. The highest BCUT2D eigenvalue weighted by atomic mass is 32.2. The van der Waals surface area contributed by atoms with Crippen molar-refractivity contribution in [2.45, 2.75) is 70.9 Å². The van der Waals surface area contributed by atoms with Crippen LogP contribution in [-0.4, -0.2) is 65.0 Å². The molecule has 0 aromatic rings. The Kier molecular flexibility index (Phi) is 9.49. The molecule has 0 saturated heterocycles. The van der Waals surface area contributed by atoms with Gasteiger partial charge in [-0.1, -0.05) is 19.3 Å². The zero-order valence-corrected chi connectivity index (χ0v) is 18.6. The molecule has 2 aliphatic rings. The molecular formula is C21H34N2O5S. The second-order valence-electron chi connectivity index (χ2n) is 7.93. The Labute approximate surface area is 177 Å². The fourth-order valence-electron chi connectivity index (χ4n) is 3.85. The fourth-order valence-corrected chi connectivity index (χ4v) is 4.31. The molecule has 0 spiro atoms. The first-order valence-electron chi connectivity index (χ1n) is 10.6. The summed E-state index contributed by atoms with van der Waals surface area (Å²) < 4.78 is 5.43. The number of aliphatic hydroxyl groups excluding tert-OH is 1. The molecule has 0 aromatic carbocycles. The first-order valence-corrected chi connectivity index (χ1v) is 12.0. The zero-order valence-electron chi connectivity index (χ0n) is 17.7. The maximum absolute atomic E-state index is 13.1. The van der Waals surface area contributed by atoms with Crippen molar-refractivity contribution >= 4 is 29.5 Å². The molecule has 0 aromatic heterocycles. The molecule has 1 fully saturated rings. The molecule has 1 saturated carbocycles. The van der Waals surface area contributed by atoms with Gasteiger partial charge in [-0.15, -0.1) is 0 Å². The van der Waals surface area contributed by atoms with Gasteiger partial charge in [-0.2, -0.15) is 11.8 Å².